The number of hydrogen-bond acceptors (Lipinski definition) is 7. The van der Waals surface area contributed by atoms with E-state index >= 15 is 0 Å². The summed E-state index contributed by atoms with van der Waals surface area (Å²) in [5.74, 6) is 0.192. The van der Waals surface area contributed by atoms with Gasteiger partial charge >= 0.3 is 0 Å². The third-order valence-corrected chi connectivity index (χ3v) is 5.30. The van der Waals surface area contributed by atoms with Crippen LogP contribution in [0.25, 0.3) is 11.0 Å². The van der Waals surface area contributed by atoms with Crippen LogP contribution in [-0.4, -0.2) is 40.2 Å². The molecular formula is C19H20N6O2. The molecule has 27 heavy (non-hydrogen) atoms. The minimum atomic E-state index is -0.524. The predicted molar refractivity (Wildman–Crippen MR) is 103 cm³/mol. The summed E-state index contributed by atoms with van der Waals surface area (Å²) in [5.41, 5.74) is 11.0. The lowest BCUT2D eigenvalue weighted by molar-refractivity contribution is -0.163. The molecule has 5 N–H and O–H groups in total. The van der Waals surface area contributed by atoms with Crippen LogP contribution in [0.15, 0.2) is 24.5 Å². The molecule has 0 saturated carbocycles. The maximum absolute atomic E-state index is 7.49. The smallest absolute Gasteiger partial charge is 0.172 e. The van der Waals surface area contributed by atoms with Crippen molar-refractivity contribution in [1.29, 1.82) is 5.41 Å². The van der Waals surface area contributed by atoms with Gasteiger partial charge in [0.25, 0.3) is 0 Å². The molecular weight excluding hydrogens is 344 g/mol. The zero-order chi connectivity index (χ0) is 18.4. The van der Waals surface area contributed by atoms with Crippen molar-refractivity contribution in [2.24, 2.45) is 0 Å². The summed E-state index contributed by atoms with van der Waals surface area (Å²) in [6.45, 7) is 1.27. The van der Waals surface area contributed by atoms with E-state index in [4.69, 9.17) is 20.6 Å². The number of fused-ring (bicyclic) bond motifs is 3. The Labute approximate surface area is 155 Å². The van der Waals surface area contributed by atoms with Crippen LogP contribution in [0.5, 0.6) is 0 Å². The first-order chi connectivity index (χ1) is 13.2. The Bertz CT molecular complexity index is 1040. The number of nitrogens with zero attached hydrogens (tertiary/aromatic N) is 2. The lowest BCUT2D eigenvalue weighted by Crippen LogP contribution is -2.36. The highest BCUT2D eigenvalue weighted by molar-refractivity contribution is 5.94. The van der Waals surface area contributed by atoms with Crippen molar-refractivity contribution >= 4 is 34.4 Å². The molecule has 0 bridgehead atoms. The number of aromatic amines is 1. The zero-order valence-corrected chi connectivity index (χ0v) is 14.7. The summed E-state index contributed by atoms with van der Waals surface area (Å²) in [5, 5.41) is 11.8. The minimum Gasteiger partial charge on any atom is -0.398 e. The van der Waals surface area contributed by atoms with Crippen LogP contribution >= 0.6 is 0 Å². The lowest BCUT2D eigenvalue weighted by atomic mass is 9.90. The van der Waals surface area contributed by atoms with Gasteiger partial charge in [-0.15, -0.1) is 0 Å². The molecule has 138 valence electrons. The van der Waals surface area contributed by atoms with Gasteiger partial charge in [-0.1, -0.05) is 0 Å². The van der Waals surface area contributed by atoms with Gasteiger partial charge in [0.1, 0.15) is 17.8 Å². The molecule has 1 aromatic carbocycles. The van der Waals surface area contributed by atoms with Gasteiger partial charge in [-0.25, -0.2) is 9.97 Å². The van der Waals surface area contributed by atoms with Crippen molar-refractivity contribution in [3.63, 3.8) is 0 Å². The Hall–Kier alpha value is -2.97. The first-order valence-corrected chi connectivity index (χ1v) is 8.97. The van der Waals surface area contributed by atoms with Crippen molar-refractivity contribution in [3.05, 3.63) is 41.3 Å². The van der Waals surface area contributed by atoms with Crippen molar-refractivity contribution in [1.82, 2.24) is 15.0 Å². The first kappa shape index (κ1) is 16.2. The highest BCUT2D eigenvalue weighted by Crippen LogP contribution is 2.40. The van der Waals surface area contributed by atoms with E-state index in [1.54, 1.807) is 12.4 Å². The lowest BCUT2D eigenvalue weighted by Gasteiger charge is -2.31. The van der Waals surface area contributed by atoms with E-state index < -0.39 is 5.79 Å². The Kier molecular flexibility index (Phi) is 3.63. The monoisotopic (exact) mass is 364 g/mol. The Morgan fingerprint density at radius 2 is 2.11 bits per heavy atom. The fraction of sp³-hybridized carbons (Fsp3) is 0.316. The predicted octanol–water partition coefficient (Wildman–Crippen LogP) is 2.51. The molecule has 8 heteroatoms. The number of anilines is 3. The average molecular weight is 364 g/mol. The van der Waals surface area contributed by atoms with E-state index in [1.165, 1.54) is 6.21 Å². The summed E-state index contributed by atoms with van der Waals surface area (Å²) >= 11 is 0. The molecule has 3 heterocycles. The molecule has 8 nitrogen and oxygen atoms in total. The number of nitrogens with two attached hydrogens (primary N) is 1. The number of rotatable bonds is 3. The van der Waals surface area contributed by atoms with E-state index in [-0.39, 0.29) is 0 Å². The van der Waals surface area contributed by atoms with Crippen LogP contribution in [0.4, 0.5) is 17.2 Å². The van der Waals surface area contributed by atoms with Gasteiger partial charge in [0, 0.05) is 41.7 Å². The normalized spacial score (nSPS) is 17.9. The third kappa shape index (κ3) is 2.65. The highest BCUT2D eigenvalue weighted by Gasteiger charge is 2.41. The maximum atomic E-state index is 7.49. The molecule has 0 unspecified atom stereocenters. The van der Waals surface area contributed by atoms with E-state index in [9.17, 15) is 0 Å². The fourth-order valence-corrected chi connectivity index (χ4v) is 3.97. The number of ether oxygens (including phenoxy) is 2. The molecule has 5 rings (SSSR count). The van der Waals surface area contributed by atoms with Crippen LogP contribution in [0.2, 0.25) is 0 Å². The van der Waals surface area contributed by atoms with Crippen molar-refractivity contribution < 1.29 is 9.47 Å². The molecule has 1 spiro atoms. The van der Waals surface area contributed by atoms with Crippen LogP contribution in [0.3, 0.4) is 0 Å². The van der Waals surface area contributed by atoms with E-state index in [1.807, 2.05) is 12.1 Å². The summed E-state index contributed by atoms with van der Waals surface area (Å²) < 4.78 is 11.8. The third-order valence-electron chi connectivity index (χ3n) is 5.30. The quantitative estimate of drug-likeness (QED) is 0.418. The van der Waals surface area contributed by atoms with Gasteiger partial charge < -0.3 is 30.9 Å². The Balaban J connectivity index is 1.58. The molecule has 1 aliphatic carbocycles. The summed E-state index contributed by atoms with van der Waals surface area (Å²) in [6.07, 6.45) is 5.15. The fourth-order valence-electron chi connectivity index (χ4n) is 3.97. The zero-order valence-electron chi connectivity index (χ0n) is 14.7. The summed E-state index contributed by atoms with van der Waals surface area (Å²) in [4.78, 5) is 12.3. The average Bonchev–Trinajstić information content (AvgIpc) is 3.28. The molecule has 1 aliphatic heterocycles. The number of nitrogens with one attached hydrogen (secondary N) is 3. The standard InChI is InChI=1S/C19H20N6O2/c20-9-11-7-12(1-2-14(11)21)24-17-16-13-8-19(26-5-6-27-19)4-3-15(13)25-18(16)23-10-22-17/h1-2,7,9-10,20H,3-6,8,21H2,(H2,22,23,24,25). The molecule has 1 fully saturated rings. The second-order valence-corrected chi connectivity index (χ2v) is 6.93. The van der Waals surface area contributed by atoms with Crippen LogP contribution < -0.4 is 11.1 Å². The number of aromatic nitrogens is 3. The largest absolute Gasteiger partial charge is 0.398 e. The Morgan fingerprint density at radius 1 is 1.26 bits per heavy atom. The van der Waals surface area contributed by atoms with Crippen LogP contribution in [0, 0.1) is 5.41 Å². The van der Waals surface area contributed by atoms with E-state index in [2.05, 4.69) is 20.3 Å². The van der Waals surface area contributed by atoms with Gasteiger partial charge in [-0.2, -0.15) is 0 Å². The number of nitrogen functional groups attached to an aromatic ring is 1. The molecule has 0 amide bonds. The number of hydrogen-bond donors (Lipinski definition) is 4. The number of H-pyrrole nitrogens is 1. The summed E-state index contributed by atoms with van der Waals surface area (Å²) in [7, 11) is 0. The maximum Gasteiger partial charge on any atom is 0.172 e. The Morgan fingerprint density at radius 3 is 2.93 bits per heavy atom. The molecule has 3 aromatic rings. The SMILES string of the molecule is N=Cc1cc(Nc2ncnc3[nH]c4c(c23)CC2(CC4)OCCO2)ccc1N. The molecule has 1 saturated heterocycles. The number of benzene rings is 1. The number of aryl methyl sites for hydroxylation is 1. The van der Waals surface area contributed by atoms with Gasteiger partial charge in [0.15, 0.2) is 5.79 Å². The topological polar surface area (TPSA) is 122 Å². The minimum absolute atomic E-state index is 0.524. The van der Waals surface area contributed by atoms with Gasteiger partial charge in [-0.05, 0) is 30.2 Å². The van der Waals surface area contributed by atoms with Crippen molar-refractivity contribution in [3.8, 4) is 0 Å². The van der Waals surface area contributed by atoms with Crippen molar-refractivity contribution in [2.45, 2.75) is 25.0 Å². The van der Waals surface area contributed by atoms with Gasteiger partial charge in [-0.3, -0.25) is 0 Å². The molecule has 0 radical (unpaired) electrons. The van der Waals surface area contributed by atoms with E-state index in [0.717, 1.165) is 40.8 Å². The van der Waals surface area contributed by atoms with Gasteiger partial charge in [0.05, 0.1) is 18.6 Å². The second-order valence-electron chi connectivity index (χ2n) is 6.93. The van der Waals surface area contributed by atoms with Crippen LogP contribution in [0.1, 0.15) is 23.2 Å². The van der Waals surface area contributed by atoms with E-state index in [0.29, 0.717) is 36.7 Å². The second kappa shape index (κ2) is 6.04. The molecule has 0 atom stereocenters. The van der Waals surface area contributed by atoms with Crippen molar-refractivity contribution in [2.75, 3.05) is 24.3 Å². The van der Waals surface area contributed by atoms with Gasteiger partial charge in [0.2, 0.25) is 0 Å². The summed E-state index contributed by atoms with van der Waals surface area (Å²) in [6, 6.07) is 5.49. The first-order valence-electron chi connectivity index (χ1n) is 8.97. The molecule has 2 aliphatic rings. The molecule has 2 aromatic heterocycles. The highest BCUT2D eigenvalue weighted by atomic mass is 16.7. The van der Waals surface area contributed by atoms with Crippen LogP contribution in [-0.2, 0) is 22.3 Å².